The molecule has 0 radical (unpaired) electrons. The normalized spacial score (nSPS) is 17.5. The second-order valence-corrected chi connectivity index (χ2v) is 8.81. The molecule has 1 aliphatic heterocycles. The minimum atomic E-state index is -0.212. The average molecular weight is 395 g/mol. The van der Waals surface area contributed by atoms with E-state index in [9.17, 15) is 9.59 Å². The zero-order valence-electron chi connectivity index (χ0n) is 17.7. The van der Waals surface area contributed by atoms with Crippen molar-refractivity contribution in [3.8, 4) is 11.1 Å². The van der Waals surface area contributed by atoms with Crippen molar-refractivity contribution in [3.63, 3.8) is 0 Å². The standard InChI is InChI=1S/C24H31N3O2/c1-24(2,3)25-22(28)18-26-14-7-15-27(17-16-26)23(29)21-12-10-20(11-13-21)19-8-5-4-6-9-19/h4-6,8-13H,7,14-18H2,1-3H3,(H,25,28)/p+1. The first-order valence-corrected chi connectivity index (χ1v) is 10.4. The molecule has 0 saturated carbocycles. The van der Waals surface area contributed by atoms with Crippen LogP contribution in [0.5, 0.6) is 0 Å². The Bertz CT molecular complexity index is 825. The molecule has 0 spiro atoms. The van der Waals surface area contributed by atoms with Crippen LogP contribution in [0, 0.1) is 0 Å². The number of rotatable bonds is 4. The molecule has 5 heteroatoms. The molecule has 154 valence electrons. The quantitative estimate of drug-likeness (QED) is 0.833. The SMILES string of the molecule is CC(C)(C)NC(=O)C[NH+]1CCCN(C(=O)c2ccc(-c3ccccc3)cc2)CC1. The van der Waals surface area contributed by atoms with E-state index in [1.807, 2.05) is 68.1 Å². The molecule has 2 aromatic carbocycles. The lowest BCUT2D eigenvalue weighted by atomic mass is 10.0. The van der Waals surface area contributed by atoms with E-state index < -0.39 is 0 Å². The van der Waals surface area contributed by atoms with Gasteiger partial charge in [0.2, 0.25) is 0 Å². The van der Waals surface area contributed by atoms with E-state index in [0.29, 0.717) is 13.1 Å². The Balaban J connectivity index is 1.57. The molecule has 2 amide bonds. The van der Waals surface area contributed by atoms with Crippen molar-refractivity contribution in [2.45, 2.75) is 32.7 Å². The van der Waals surface area contributed by atoms with Gasteiger partial charge in [0.1, 0.15) is 0 Å². The van der Waals surface area contributed by atoms with Crippen molar-refractivity contribution in [1.82, 2.24) is 10.2 Å². The third kappa shape index (κ3) is 6.16. The maximum Gasteiger partial charge on any atom is 0.275 e. The zero-order chi connectivity index (χ0) is 20.9. The van der Waals surface area contributed by atoms with E-state index in [4.69, 9.17) is 0 Å². The maximum absolute atomic E-state index is 13.0. The minimum absolute atomic E-state index is 0.0729. The monoisotopic (exact) mass is 394 g/mol. The smallest absolute Gasteiger partial charge is 0.275 e. The number of carbonyl (C=O) groups is 2. The summed E-state index contributed by atoms with van der Waals surface area (Å²) in [7, 11) is 0. The van der Waals surface area contributed by atoms with Crippen molar-refractivity contribution < 1.29 is 14.5 Å². The third-order valence-electron chi connectivity index (χ3n) is 5.14. The number of nitrogens with one attached hydrogen (secondary N) is 2. The minimum Gasteiger partial charge on any atom is -0.347 e. The Morgan fingerprint density at radius 2 is 1.59 bits per heavy atom. The van der Waals surface area contributed by atoms with Crippen molar-refractivity contribution in [2.75, 3.05) is 32.7 Å². The van der Waals surface area contributed by atoms with Gasteiger partial charge in [-0.1, -0.05) is 42.5 Å². The summed E-state index contributed by atoms with van der Waals surface area (Å²) in [4.78, 5) is 28.3. The maximum atomic E-state index is 13.0. The first kappa shape index (κ1) is 21.1. The highest BCUT2D eigenvalue weighted by molar-refractivity contribution is 5.94. The second kappa shape index (κ2) is 9.23. The fourth-order valence-electron chi connectivity index (χ4n) is 3.74. The molecule has 1 unspecified atom stereocenters. The van der Waals surface area contributed by atoms with Gasteiger partial charge >= 0.3 is 0 Å². The molecular formula is C24H32N3O2+. The number of hydrogen-bond acceptors (Lipinski definition) is 2. The van der Waals surface area contributed by atoms with Gasteiger partial charge in [-0.2, -0.15) is 0 Å². The van der Waals surface area contributed by atoms with E-state index in [1.54, 1.807) is 0 Å². The predicted octanol–water partition coefficient (Wildman–Crippen LogP) is 2.00. The second-order valence-electron chi connectivity index (χ2n) is 8.81. The van der Waals surface area contributed by atoms with Gasteiger partial charge in [0, 0.05) is 24.1 Å². The molecule has 1 atom stereocenters. The highest BCUT2D eigenvalue weighted by Gasteiger charge is 2.25. The molecule has 0 bridgehead atoms. The van der Waals surface area contributed by atoms with Gasteiger partial charge < -0.3 is 15.1 Å². The molecule has 2 aromatic rings. The summed E-state index contributed by atoms with van der Waals surface area (Å²) in [6, 6.07) is 18.0. The van der Waals surface area contributed by atoms with Crippen LogP contribution in [0.3, 0.4) is 0 Å². The molecule has 29 heavy (non-hydrogen) atoms. The molecule has 2 N–H and O–H groups in total. The Hall–Kier alpha value is -2.66. The molecule has 1 saturated heterocycles. The number of quaternary nitrogens is 1. The van der Waals surface area contributed by atoms with E-state index in [2.05, 4.69) is 17.4 Å². The molecule has 1 fully saturated rings. The Labute approximate surface area is 173 Å². The van der Waals surface area contributed by atoms with E-state index in [0.717, 1.165) is 42.7 Å². The van der Waals surface area contributed by atoms with Crippen LogP contribution in [0.4, 0.5) is 0 Å². The fraction of sp³-hybridized carbons (Fsp3) is 0.417. The first-order chi connectivity index (χ1) is 13.8. The zero-order valence-corrected chi connectivity index (χ0v) is 17.7. The predicted molar refractivity (Wildman–Crippen MR) is 116 cm³/mol. The van der Waals surface area contributed by atoms with Gasteiger partial charge in [-0.3, -0.25) is 9.59 Å². The van der Waals surface area contributed by atoms with Crippen LogP contribution in [-0.4, -0.2) is 55.0 Å². The molecule has 5 nitrogen and oxygen atoms in total. The first-order valence-electron chi connectivity index (χ1n) is 10.4. The van der Waals surface area contributed by atoms with Gasteiger partial charge in [-0.15, -0.1) is 0 Å². The highest BCUT2D eigenvalue weighted by atomic mass is 16.2. The lowest BCUT2D eigenvalue weighted by molar-refractivity contribution is -0.889. The van der Waals surface area contributed by atoms with E-state index >= 15 is 0 Å². The number of benzene rings is 2. The summed E-state index contributed by atoms with van der Waals surface area (Å²) >= 11 is 0. The molecular weight excluding hydrogens is 362 g/mol. The van der Waals surface area contributed by atoms with Crippen molar-refractivity contribution in [2.24, 2.45) is 0 Å². The summed E-state index contributed by atoms with van der Waals surface area (Å²) in [6.07, 6.45) is 0.909. The van der Waals surface area contributed by atoms with Gasteiger partial charge in [0.05, 0.1) is 19.6 Å². The molecule has 3 rings (SSSR count). The molecule has 1 aliphatic rings. The average Bonchev–Trinajstić information content (AvgIpc) is 2.92. The topological polar surface area (TPSA) is 53.9 Å². The third-order valence-corrected chi connectivity index (χ3v) is 5.14. The van der Waals surface area contributed by atoms with Crippen LogP contribution in [0.25, 0.3) is 11.1 Å². The van der Waals surface area contributed by atoms with Gasteiger partial charge in [-0.05, 0) is 44.0 Å². The van der Waals surface area contributed by atoms with E-state index in [1.165, 1.54) is 4.90 Å². The van der Waals surface area contributed by atoms with Crippen LogP contribution < -0.4 is 10.2 Å². The summed E-state index contributed by atoms with van der Waals surface area (Å²) in [5, 5.41) is 3.03. The fourth-order valence-corrected chi connectivity index (χ4v) is 3.74. The van der Waals surface area contributed by atoms with Crippen LogP contribution >= 0.6 is 0 Å². The molecule has 0 aromatic heterocycles. The van der Waals surface area contributed by atoms with Gasteiger partial charge in [-0.25, -0.2) is 0 Å². The number of nitrogens with zero attached hydrogens (tertiary/aromatic N) is 1. The largest absolute Gasteiger partial charge is 0.347 e. The van der Waals surface area contributed by atoms with E-state index in [-0.39, 0.29) is 17.4 Å². The van der Waals surface area contributed by atoms with Crippen molar-refractivity contribution in [1.29, 1.82) is 0 Å². The Morgan fingerprint density at radius 1 is 0.931 bits per heavy atom. The van der Waals surface area contributed by atoms with Crippen LogP contribution in [0.1, 0.15) is 37.6 Å². The Kier molecular flexibility index (Phi) is 6.70. The van der Waals surface area contributed by atoms with Crippen LogP contribution in [-0.2, 0) is 4.79 Å². The van der Waals surface area contributed by atoms with Gasteiger partial charge in [0.25, 0.3) is 11.8 Å². The number of carbonyl (C=O) groups excluding carboxylic acids is 2. The van der Waals surface area contributed by atoms with Gasteiger partial charge in [0.15, 0.2) is 6.54 Å². The number of hydrogen-bond donors (Lipinski definition) is 2. The summed E-state index contributed by atoms with van der Waals surface area (Å²) < 4.78 is 0. The van der Waals surface area contributed by atoms with Crippen molar-refractivity contribution >= 4 is 11.8 Å². The van der Waals surface area contributed by atoms with Crippen molar-refractivity contribution in [3.05, 3.63) is 60.2 Å². The highest BCUT2D eigenvalue weighted by Crippen LogP contribution is 2.20. The molecule has 1 heterocycles. The number of amides is 2. The van der Waals surface area contributed by atoms with Crippen LogP contribution in [0.15, 0.2) is 54.6 Å². The molecule has 0 aliphatic carbocycles. The van der Waals surface area contributed by atoms with Crippen LogP contribution in [0.2, 0.25) is 0 Å². The summed E-state index contributed by atoms with van der Waals surface area (Å²) in [5.74, 6) is 0.147. The lowest BCUT2D eigenvalue weighted by Crippen LogP contribution is -3.13. The summed E-state index contributed by atoms with van der Waals surface area (Å²) in [5.41, 5.74) is 2.77. The Morgan fingerprint density at radius 3 is 2.24 bits per heavy atom. The summed E-state index contributed by atoms with van der Waals surface area (Å²) in [6.45, 7) is 9.57. The lowest BCUT2D eigenvalue weighted by Gasteiger charge is -2.23.